The van der Waals surface area contributed by atoms with Crippen molar-refractivity contribution in [3.63, 3.8) is 0 Å². The molecule has 1 aromatic carbocycles. The van der Waals surface area contributed by atoms with Crippen molar-refractivity contribution in [3.05, 3.63) is 24.3 Å². The first kappa shape index (κ1) is 25.0. The normalized spacial score (nSPS) is 12.4. The predicted octanol–water partition coefficient (Wildman–Crippen LogP) is 5.55. The monoisotopic (exact) mass is 504 g/mol. The molecule has 156 valence electrons. The van der Waals surface area contributed by atoms with E-state index in [0.29, 0.717) is 17.9 Å². The molecule has 27 heavy (non-hydrogen) atoms. The molecule has 0 aliphatic carbocycles. The third-order valence-electron chi connectivity index (χ3n) is 5.61. The number of hydrogen-bond donors (Lipinski definition) is 0. The van der Waals surface area contributed by atoms with Gasteiger partial charge in [-0.15, -0.1) is 0 Å². The second kappa shape index (κ2) is 13.2. The zero-order valence-corrected chi connectivity index (χ0v) is 21.6. The molecule has 0 unspecified atom stereocenters. The van der Waals surface area contributed by atoms with Crippen molar-refractivity contribution < 1.29 is 13.2 Å². The summed E-state index contributed by atoms with van der Waals surface area (Å²) in [5.74, 6) is 0.163. The summed E-state index contributed by atoms with van der Waals surface area (Å²) in [6.45, 7) is 7.34. The van der Waals surface area contributed by atoms with Gasteiger partial charge in [-0.05, 0) is 0 Å². The Morgan fingerprint density at radius 1 is 0.815 bits per heavy atom. The second-order valence-corrected chi connectivity index (χ2v) is 23.1. The van der Waals surface area contributed by atoms with E-state index in [1.54, 1.807) is 7.11 Å². The van der Waals surface area contributed by atoms with Crippen molar-refractivity contribution in [2.45, 2.75) is 83.9 Å². The van der Waals surface area contributed by atoms with Crippen LogP contribution in [0.5, 0.6) is 0 Å². The summed E-state index contributed by atoms with van der Waals surface area (Å²) in [5.41, 5.74) is 0. The van der Waals surface area contributed by atoms with E-state index < -0.39 is 28.2 Å². The van der Waals surface area contributed by atoms with Crippen molar-refractivity contribution in [1.82, 2.24) is 0 Å². The van der Waals surface area contributed by atoms with Crippen LogP contribution < -0.4 is 3.58 Å². The molecule has 0 fully saturated rings. The van der Waals surface area contributed by atoms with Crippen LogP contribution in [0.3, 0.4) is 0 Å². The van der Waals surface area contributed by atoms with Crippen molar-refractivity contribution in [3.8, 4) is 0 Å². The molecule has 0 amide bonds. The summed E-state index contributed by atoms with van der Waals surface area (Å²) in [6, 6.07) is 8.13. The van der Waals surface area contributed by atoms with Gasteiger partial charge in [-0.2, -0.15) is 0 Å². The van der Waals surface area contributed by atoms with Crippen LogP contribution in [0.15, 0.2) is 29.2 Å². The van der Waals surface area contributed by atoms with E-state index in [1.807, 2.05) is 12.1 Å². The van der Waals surface area contributed by atoms with Gasteiger partial charge in [0, 0.05) is 0 Å². The average Bonchev–Trinajstić information content (AvgIpc) is 2.68. The first-order valence-corrected chi connectivity index (χ1v) is 19.9. The Morgan fingerprint density at radius 2 is 1.30 bits per heavy atom. The first-order chi connectivity index (χ1) is 13.0. The fourth-order valence-electron chi connectivity index (χ4n) is 3.88. The van der Waals surface area contributed by atoms with Gasteiger partial charge in [-0.3, -0.25) is 0 Å². The molecule has 0 heterocycles. The van der Waals surface area contributed by atoms with Gasteiger partial charge in [0.25, 0.3) is 0 Å². The van der Waals surface area contributed by atoms with Crippen LogP contribution in [0.2, 0.25) is 13.3 Å². The minimum absolute atomic E-state index is 0.163. The molecule has 1 rings (SSSR count). The molecule has 0 saturated heterocycles. The summed E-state index contributed by atoms with van der Waals surface area (Å²) in [5, 5.41) is 0. The maximum absolute atomic E-state index is 12.5. The van der Waals surface area contributed by atoms with Gasteiger partial charge in [0.15, 0.2) is 0 Å². The van der Waals surface area contributed by atoms with Gasteiger partial charge >= 0.3 is 173 Å². The van der Waals surface area contributed by atoms with Crippen LogP contribution in [0, 0.1) is 0 Å². The number of rotatable bonds is 15. The van der Waals surface area contributed by atoms with Gasteiger partial charge in [-0.25, -0.2) is 0 Å². The molecule has 0 aliphatic heterocycles. The predicted molar refractivity (Wildman–Crippen MR) is 120 cm³/mol. The Balaban J connectivity index is 3.10. The van der Waals surface area contributed by atoms with Crippen molar-refractivity contribution in [2.24, 2.45) is 0 Å². The van der Waals surface area contributed by atoms with Crippen molar-refractivity contribution >= 4 is 31.8 Å². The Labute approximate surface area is 172 Å². The first-order valence-electron chi connectivity index (χ1n) is 10.8. The minimum atomic E-state index is -3.20. The second-order valence-electron chi connectivity index (χ2n) is 7.78. The number of benzene rings is 1. The van der Waals surface area contributed by atoms with E-state index in [9.17, 15) is 8.42 Å². The molecule has 3 nitrogen and oxygen atoms in total. The van der Waals surface area contributed by atoms with Gasteiger partial charge in [-0.1, -0.05) is 0 Å². The summed E-state index contributed by atoms with van der Waals surface area (Å²) >= 11 is -2.46. The van der Waals surface area contributed by atoms with E-state index in [1.165, 1.54) is 55.4 Å². The molecule has 0 aromatic heterocycles. The summed E-state index contributed by atoms with van der Waals surface area (Å²) < 4.78 is 35.8. The van der Waals surface area contributed by atoms with E-state index >= 15 is 0 Å². The maximum atomic E-state index is 12.5. The number of hydrogen-bond acceptors (Lipinski definition) is 3. The molecule has 0 spiro atoms. The van der Waals surface area contributed by atoms with Crippen LogP contribution in [0.25, 0.3) is 0 Å². The van der Waals surface area contributed by atoms with Crippen LogP contribution >= 0.6 is 0 Å². The molecule has 0 aliphatic rings. The number of unbranched alkanes of at least 4 members (excludes halogenated alkanes) is 3. The van der Waals surface area contributed by atoms with Gasteiger partial charge in [0.05, 0.1) is 0 Å². The molecule has 0 N–H and O–H groups in total. The Kier molecular flexibility index (Phi) is 12.2. The van der Waals surface area contributed by atoms with Crippen LogP contribution in [0.1, 0.15) is 65.7 Å². The zero-order chi connectivity index (χ0) is 20.2. The van der Waals surface area contributed by atoms with E-state index in [4.69, 9.17) is 4.74 Å². The fraction of sp³-hybridized carbons (Fsp3) is 0.727. The average molecular weight is 503 g/mol. The molecule has 0 bridgehead atoms. The molecule has 0 atom stereocenters. The summed E-state index contributed by atoms with van der Waals surface area (Å²) in [6.07, 6.45) is 8.27. The standard InChI is InChI=1S/C10H13O3S.3C4H9.Sn/c1-13-8-5-9-14(11,12)10-6-3-2-4-7-10;3*1-3-4-2;/h3-4,6-7H,5,8-9H2,1H3;3*1,3-4H2,2H3;. The Hall–Kier alpha value is -0.0713. The van der Waals surface area contributed by atoms with Crippen molar-refractivity contribution in [2.75, 3.05) is 19.5 Å². The van der Waals surface area contributed by atoms with Gasteiger partial charge in [0.2, 0.25) is 0 Å². The third kappa shape index (κ3) is 8.06. The van der Waals surface area contributed by atoms with E-state index in [0.717, 1.165) is 0 Å². The quantitative estimate of drug-likeness (QED) is 0.233. The SMILES string of the molecule is CCC[CH2][Sn]([CH2]CCC)([CH2]CCC)[c]1ccc(S(=O)(=O)CCCOC)cc1. The summed E-state index contributed by atoms with van der Waals surface area (Å²) in [7, 11) is -1.59. The molecule has 1 aromatic rings. The number of sulfone groups is 1. The van der Waals surface area contributed by atoms with E-state index in [-0.39, 0.29) is 5.75 Å². The number of ether oxygens (including phenoxy) is 1. The Morgan fingerprint density at radius 3 is 1.70 bits per heavy atom. The molecular weight excluding hydrogens is 463 g/mol. The van der Waals surface area contributed by atoms with Crippen molar-refractivity contribution in [1.29, 1.82) is 0 Å². The van der Waals surface area contributed by atoms with Crippen LogP contribution in [0.4, 0.5) is 0 Å². The van der Waals surface area contributed by atoms with E-state index in [2.05, 4.69) is 32.9 Å². The van der Waals surface area contributed by atoms with Crippen LogP contribution in [-0.4, -0.2) is 46.3 Å². The van der Waals surface area contributed by atoms with Crippen LogP contribution in [-0.2, 0) is 14.6 Å². The summed E-state index contributed by atoms with van der Waals surface area (Å²) in [4.78, 5) is 0.476. The fourth-order valence-corrected chi connectivity index (χ4v) is 21.1. The zero-order valence-electron chi connectivity index (χ0n) is 17.9. The molecule has 0 saturated carbocycles. The molecule has 5 heteroatoms. The third-order valence-corrected chi connectivity index (χ3v) is 23.1. The Bertz CT molecular complexity index is 589. The van der Waals surface area contributed by atoms with Gasteiger partial charge < -0.3 is 0 Å². The van der Waals surface area contributed by atoms with Gasteiger partial charge in [0.1, 0.15) is 0 Å². The molecular formula is C22H40O3SSn. The topological polar surface area (TPSA) is 43.4 Å². The number of methoxy groups -OCH3 is 1. The molecule has 0 radical (unpaired) electrons.